The lowest BCUT2D eigenvalue weighted by Gasteiger charge is -2.34. The zero-order valence-corrected chi connectivity index (χ0v) is 15.0. The van der Waals surface area contributed by atoms with Gasteiger partial charge in [-0.1, -0.05) is 0 Å². The van der Waals surface area contributed by atoms with Gasteiger partial charge in [-0.05, 0) is 44.2 Å². The molecule has 7 heteroatoms. The predicted octanol–water partition coefficient (Wildman–Crippen LogP) is 1.60. The van der Waals surface area contributed by atoms with Crippen LogP contribution in [0.5, 0.6) is 0 Å². The Morgan fingerprint density at radius 2 is 2.17 bits per heavy atom. The maximum atomic E-state index is 12.2. The van der Waals surface area contributed by atoms with Gasteiger partial charge >= 0.3 is 0 Å². The average Bonchev–Trinajstić information content (AvgIpc) is 2.97. The summed E-state index contributed by atoms with van der Waals surface area (Å²) in [5.41, 5.74) is 1.32. The van der Waals surface area contributed by atoms with E-state index in [0.29, 0.717) is 6.54 Å². The molecule has 0 unspecified atom stereocenters. The number of rotatable bonds is 3. The van der Waals surface area contributed by atoms with Crippen molar-refractivity contribution >= 4 is 35.6 Å². The Hall–Kier alpha value is -1.11. The van der Waals surface area contributed by atoms with E-state index in [1.54, 1.807) is 11.3 Å². The molecule has 1 aliphatic carbocycles. The molecule has 1 atom stereocenters. The second kappa shape index (κ2) is 8.13. The van der Waals surface area contributed by atoms with E-state index in [0.717, 1.165) is 30.8 Å². The zero-order chi connectivity index (χ0) is 15.5. The lowest BCUT2D eigenvalue weighted by Crippen LogP contribution is -2.54. The minimum atomic E-state index is -0.115. The van der Waals surface area contributed by atoms with Gasteiger partial charge in [0.25, 0.3) is 5.91 Å². The molecule has 2 aliphatic rings. The van der Waals surface area contributed by atoms with Gasteiger partial charge in [-0.3, -0.25) is 9.59 Å². The van der Waals surface area contributed by atoms with Crippen molar-refractivity contribution in [3.05, 3.63) is 21.4 Å². The van der Waals surface area contributed by atoms with Crippen molar-refractivity contribution < 1.29 is 9.59 Å². The van der Waals surface area contributed by atoms with Gasteiger partial charge in [-0.2, -0.15) is 0 Å². The molecule has 2 N–H and O–H groups in total. The Bertz CT molecular complexity index is 552. The SMILES string of the molecule is C[C@@H]1CNCCN1C(=O)CNC(=O)c1cc2c(s1)CCCC2.Cl. The smallest absolute Gasteiger partial charge is 0.261 e. The number of nitrogens with zero attached hydrogens (tertiary/aromatic N) is 1. The molecule has 3 rings (SSSR count). The third kappa shape index (κ3) is 4.25. The number of piperazine rings is 1. The van der Waals surface area contributed by atoms with E-state index >= 15 is 0 Å². The number of carbonyl (C=O) groups excluding carboxylic acids is 2. The fraction of sp³-hybridized carbons (Fsp3) is 0.625. The molecule has 0 aromatic carbocycles. The van der Waals surface area contributed by atoms with E-state index < -0.39 is 0 Å². The van der Waals surface area contributed by atoms with Gasteiger partial charge in [0.15, 0.2) is 0 Å². The zero-order valence-electron chi connectivity index (χ0n) is 13.4. The van der Waals surface area contributed by atoms with Crippen molar-refractivity contribution in [2.45, 2.75) is 38.6 Å². The summed E-state index contributed by atoms with van der Waals surface area (Å²) in [6.45, 7) is 4.47. The van der Waals surface area contributed by atoms with Gasteiger partial charge in [0.2, 0.25) is 5.91 Å². The highest BCUT2D eigenvalue weighted by atomic mass is 35.5. The molecular weight excluding hydrogens is 334 g/mol. The summed E-state index contributed by atoms with van der Waals surface area (Å²) >= 11 is 1.58. The summed E-state index contributed by atoms with van der Waals surface area (Å²) in [6.07, 6.45) is 4.60. The first kappa shape index (κ1) is 18.2. The van der Waals surface area contributed by atoms with Crippen LogP contribution in [0.2, 0.25) is 0 Å². The summed E-state index contributed by atoms with van der Waals surface area (Å²) in [4.78, 5) is 28.4. The number of nitrogens with one attached hydrogen (secondary N) is 2. The minimum Gasteiger partial charge on any atom is -0.342 e. The van der Waals surface area contributed by atoms with Crippen molar-refractivity contribution in [1.29, 1.82) is 0 Å². The molecule has 0 bridgehead atoms. The Morgan fingerprint density at radius 1 is 1.39 bits per heavy atom. The molecule has 1 aliphatic heterocycles. The van der Waals surface area contributed by atoms with E-state index in [1.165, 1.54) is 23.3 Å². The van der Waals surface area contributed by atoms with Gasteiger partial charge < -0.3 is 15.5 Å². The molecule has 5 nitrogen and oxygen atoms in total. The van der Waals surface area contributed by atoms with E-state index in [2.05, 4.69) is 10.6 Å². The normalized spacial score (nSPS) is 20.4. The molecule has 1 aromatic heterocycles. The standard InChI is InChI=1S/C16H23N3O2S.ClH/c1-11-9-17-6-7-19(11)15(20)10-18-16(21)14-8-12-4-2-3-5-13(12)22-14;/h8,11,17H,2-7,9-10H2,1H3,(H,18,21);1H/t11-;/m1./s1. The molecule has 1 saturated heterocycles. The number of fused-ring (bicyclic) bond motifs is 1. The number of hydrogen-bond donors (Lipinski definition) is 2. The highest BCUT2D eigenvalue weighted by Gasteiger charge is 2.23. The minimum absolute atomic E-state index is 0. The number of halogens is 1. The number of carbonyl (C=O) groups is 2. The van der Waals surface area contributed by atoms with Crippen LogP contribution in [0, 0.1) is 0 Å². The quantitative estimate of drug-likeness (QED) is 0.863. The molecule has 23 heavy (non-hydrogen) atoms. The van der Waals surface area contributed by atoms with Crippen molar-refractivity contribution in [3.8, 4) is 0 Å². The summed E-state index contributed by atoms with van der Waals surface area (Å²) in [6, 6.07) is 2.19. The van der Waals surface area contributed by atoms with Crippen molar-refractivity contribution in [3.63, 3.8) is 0 Å². The number of amides is 2. The molecule has 128 valence electrons. The van der Waals surface area contributed by atoms with Crippen molar-refractivity contribution in [2.75, 3.05) is 26.2 Å². The van der Waals surface area contributed by atoms with Crippen molar-refractivity contribution in [1.82, 2.24) is 15.5 Å². The fourth-order valence-electron chi connectivity index (χ4n) is 3.16. The second-order valence-electron chi connectivity index (χ2n) is 6.09. The third-order valence-corrected chi connectivity index (χ3v) is 5.68. The molecule has 0 spiro atoms. The van der Waals surface area contributed by atoms with Crippen LogP contribution >= 0.6 is 23.7 Å². The fourth-order valence-corrected chi connectivity index (χ4v) is 4.33. The van der Waals surface area contributed by atoms with Crippen LogP contribution in [0.15, 0.2) is 6.07 Å². The first-order valence-electron chi connectivity index (χ1n) is 8.05. The second-order valence-corrected chi connectivity index (χ2v) is 7.23. The van der Waals surface area contributed by atoms with Crippen molar-refractivity contribution in [2.24, 2.45) is 0 Å². The lowest BCUT2D eigenvalue weighted by molar-refractivity contribution is -0.132. The summed E-state index contributed by atoms with van der Waals surface area (Å²) in [5, 5.41) is 6.04. The molecule has 1 fully saturated rings. The third-order valence-electron chi connectivity index (χ3n) is 4.44. The van der Waals surface area contributed by atoms with Gasteiger partial charge in [-0.15, -0.1) is 23.7 Å². The van der Waals surface area contributed by atoms with Gasteiger partial charge in [0.1, 0.15) is 0 Å². The monoisotopic (exact) mass is 357 g/mol. The van der Waals surface area contributed by atoms with Gasteiger partial charge in [0.05, 0.1) is 11.4 Å². The highest BCUT2D eigenvalue weighted by Crippen LogP contribution is 2.29. The molecule has 2 heterocycles. The van der Waals surface area contributed by atoms with Crippen LogP contribution in [0.1, 0.15) is 39.9 Å². The Balaban J connectivity index is 0.00000192. The number of hydrogen-bond acceptors (Lipinski definition) is 4. The Morgan fingerprint density at radius 3 is 2.91 bits per heavy atom. The molecule has 2 amide bonds. The van der Waals surface area contributed by atoms with Crippen LogP contribution in [0.4, 0.5) is 0 Å². The Kier molecular flexibility index (Phi) is 6.44. The van der Waals surface area contributed by atoms with Crippen LogP contribution in [0.3, 0.4) is 0 Å². The maximum Gasteiger partial charge on any atom is 0.261 e. The molecule has 1 aromatic rings. The average molecular weight is 358 g/mol. The first-order valence-corrected chi connectivity index (χ1v) is 8.87. The van der Waals surface area contributed by atoms with Gasteiger partial charge in [0, 0.05) is 30.6 Å². The number of thiophene rings is 1. The van der Waals surface area contributed by atoms with E-state index in [4.69, 9.17) is 0 Å². The largest absolute Gasteiger partial charge is 0.342 e. The van der Waals surface area contributed by atoms with Crippen LogP contribution in [-0.2, 0) is 17.6 Å². The molecule has 0 saturated carbocycles. The molecular formula is C16H24ClN3O2S. The van der Waals surface area contributed by atoms with Crippen LogP contribution in [0.25, 0.3) is 0 Å². The Labute approximate surface area is 147 Å². The van der Waals surface area contributed by atoms with Crippen LogP contribution < -0.4 is 10.6 Å². The first-order chi connectivity index (χ1) is 10.6. The number of aryl methyl sites for hydroxylation is 2. The summed E-state index contributed by atoms with van der Waals surface area (Å²) in [7, 11) is 0. The maximum absolute atomic E-state index is 12.2. The summed E-state index contributed by atoms with van der Waals surface area (Å²) in [5.74, 6) is -0.112. The predicted molar refractivity (Wildman–Crippen MR) is 94.6 cm³/mol. The topological polar surface area (TPSA) is 61.4 Å². The van der Waals surface area contributed by atoms with E-state index in [-0.39, 0.29) is 36.8 Å². The van der Waals surface area contributed by atoms with Gasteiger partial charge in [-0.25, -0.2) is 0 Å². The molecule has 0 radical (unpaired) electrons. The highest BCUT2D eigenvalue weighted by molar-refractivity contribution is 7.14. The van der Waals surface area contributed by atoms with E-state index in [1.807, 2.05) is 17.9 Å². The summed E-state index contributed by atoms with van der Waals surface area (Å²) < 4.78 is 0. The van der Waals surface area contributed by atoms with Crippen LogP contribution in [-0.4, -0.2) is 48.9 Å². The van der Waals surface area contributed by atoms with E-state index in [9.17, 15) is 9.59 Å². The lowest BCUT2D eigenvalue weighted by atomic mass is 9.99.